The van der Waals surface area contributed by atoms with Crippen molar-refractivity contribution in [1.29, 1.82) is 0 Å². The number of amides is 1. The fraction of sp³-hybridized carbons (Fsp3) is 0.375. The van der Waals surface area contributed by atoms with Gasteiger partial charge in [-0.15, -0.1) is 0 Å². The lowest BCUT2D eigenvalue weighted by molar-refractivity contribution is 0.0392. The smallest absolute Gasteiger partial charge is 0.407 e. The zero-order valence-corrected chi connectivity index (χ0v) is 19.6. The number of carbonyl (C=O) groups is 1. The van der Waals surface area contributed by atoms with E-state index >= 15 is 0 Å². The lowest BCUT2D eigenvalue weighted by Crippen LogP contribution is -2.59. The molecule has 2 N–H and O–H groups in total. The van der Waals surface area contributed by atoms with E-state index in [1.54, 1.807) is 6.07 Å². The Morgan fingerprint density at radius 3 is 2.74 bits per heavy atom. The largest absolute Gasteiger partial charge is 0.444 e. The molecule has 0 saturated carbocycles. The second kappa shape index (κ2) is 8.28. The van der Waals surface area contributed by atoms with Gasteiger partial charge in [0.15, 0.2) is 5.58 Å². The minimum Gasteiger partial charge on any atom is -0.444 e. The van der Waals surface area contributed by atoms with Crippen molar-refractivity contribution in [2.75, 3.05) is 18.4 Å². The molecule has 178 valence electrons. The van der Waals surface area contributed by atoms with E-state index in [1.165, 1.54) is 12.1 Å². The van der Waals surface area contributed by atoms with Crippen LogP contribution in [0.4, 0.5) is 21.1 Å². The zero-order valence-electron chi connectivity index (χ0n) is 19.6. The number of halogens is 1. The number of alkyl carbamates (subject to hydrolysis) is 1. The van der Waals surface area contributed by atoms with Gasteiger partial charge >= 0.3 is 12.1 Å². The molecule has 0 radical (unpaired) electrons. The van der Waals surface area contributed by atoms with E-state index in [2.05, 4.69) is 25.5 Å². The highest BCUT2D eigenvalue weighted by atomic mass is 19.1. The van der Waals surface area contributed by atoms with Gasteiger partial charge in [-0.3, -0.25) is 10.2 Å². The van der Waals surface area contributed by atoms with Crippen molar-refractivity contribution >= 4 is 40.2 Å². The van der Waals surface area contributed by atoms with Crippen LogP contribution in [0.5, 0.6) is 0 Å². The van der Waals surface area contributed by atoms with Gasteiger partial charge in [0.2, 0.25) is 5.95 Å². The van der Waals surface area contributed by atoms with Crippen molar-refractivity contribution in [1.82, 2.24) is 24.8 Å². The molecule has 1 saturated heterocycles. The van der Waals surface area contributed by atoms with Gasteiger partial charge in [0.1, 0.15) is 16.9 Å². The number of ether oxygens (including phenoxy) is 1. The van der Waals surface area contributed by atoms with Crippen LogP contribution in [0.2, 0.25) is 0 Å². The van der Waals surface area contributed by atoms with E-state index < -0.39 is 5.60 Å². The van der Waals surface area contributed by atoms with Gasteiger partial charge in [-0.2, -0.15) is 4.98 Å². The number of carbonyl (C=O) groups excluding carboxylic acids is 1. The van der Waals surface area contributed by atoms with Crippen LogP contribution in [0.15, 0.2) is 40.8 Å². The molecule has 0 aliphatic carbocycles. The Morgan fingerprint density at radius 2 is 1.97 bits per heavy atom. The summed E-state index contributed by atoms with van der Waals surface area (Å²) in [7, 11) is 1.84. The van der Waals surface area contributed by atoms with Crippen molar-refractivity contribution in [3.8, 4) is 0 Å². The molecule has 9 nitrogen and oxygen atoms in total. The molecule has 0 bridgehead atoms. The number of aromatic nitrogens is 3. The number of oxazole rings is 1. The first-order valence-electron chi connectivity index (χ1n) is 11.1. The van der Waals surface area contributed by atoms with E-state index in [4.69, 9.17) is 9.15 Å². The summed E-state index contributed by atoms with van der Waals surface area (Å²) in [5.74, 6) is 0.178. The van der Waals surface area contributed by atoms with Gasteiger partial charge in [-0.05, 0) is 50.6 Å². The van der Waals surface area contributed by atoms with Crippen LogP contribution in [0.1, 0.15) is 26.3 Å². The Labute approximate surface area is 195 Å². The van der Waals surface area contributed by atoms with Crippen molar-refractivity contribution in [2.24, 2.45) is 7.05 Å². The van der Waals surface area contributed by atoms with Gasteiger partial charge in [0.05, 0.1) is 17.1 Å². The molecule has 4 aromatic rings. The molecule has 5 rings (SSSR count). The van der Waals surface area contributed by atoms with E-state index in [0.29, 0.717) is 23.1 Å². The maximum atomic E-state index is 13.5. The second-order valence-electron chi connectivity index (χ2n) is 9.61. The number of nitrogens with one attached hydrogen (secondary N) is 2. The fourth-order valence-corrected chi connectivity index (χ4v) is 4.03. The third kappa shape index (κ3) is 4.67. The first-order chi connectivity index (χ1) is 16.1. The average molecular weight is 467 g/mol. The molecule has 10 heteroatoms. The first-order valence-corrected chi connectivity index (χ1v) is 11.1. The highest BCUT2D eigenvalue weighted by molar-refractivity contribution is 5.80. The lowest BCUT2D eigenvalue weighted by atomic mass is 10.1. The van der Waals surface area contributed by atoms with E-state index in [-0.39, 0.29) is 18.0 Å². The molecule has 1 fully saturated rings. The summed E-state index contributed by atoms with van der Waals surface area (Å²) in [6.07, 6.45) is -0.382. The summed E-state index contributed by atoms with van der Waals surface area (Å²) in [5, 5.41) is 5.98. The maximum absolute atomic E-state index is 13.5. The fourth-order valence-electron chi connectivity index (χ4n) is 4.03. The standard InChI is InChI=1S/C24H27FN6O3/c1-24(2,3)34-23(32)26-16-12-31(13-16)11-14-5-8-20-18(9-14)28-22(33-20)29-21-27-17-10-15(25)6-7-19(17)30(21)4/h5-10,16H,11-13H2,1-4H3,(H,26,32)(H,27,28,29). The summed E-state index contributed by atoms with van der Waals surface area (Å²) in [6.45, 7) is 7.81. The number of rotatable bonds is 5. The van der Waals surface area contributed by atoms with Crippen LogP contribution >= 0.6 is 0 Å². The summed E-state index contributed by atoms with van der Waals surface area (Å²) >= 11 is 0. The number of imidazole rings is 1. The number of hydrogen-bond acceptors (Lipinski definition) is 7. The second-order valence-corrected chi connectivity index (χ2v) is 9.61. The molecular formula is C24H27FN6O3. The van der Waals surface area contributed by atoms with Crippen LogP contribution in [-0.2, 0) is 18.3 Å². The quantitative estimate of drug-likeness (QED) is 0.452. The van der Waals surface area contributed by atoms with Crippen LogP contribution in [0, 0.1) is 5.82 Å². The summed E-state index contributed by atoms with van der Waals surface area (Å²) < 4.78 is 26.5. The number of aryl methyl sites for hydroxylation is 1. The van der Waals surface area contributed by atoms with Gasteiger partial charge < -0.3 is 19.0 Å². The Hall–Kier alpha value is -3.66. The summed E-state index contributed by atoms with van der Waals surface area (Å²) in [4.78, 5) is 23.1. The SMILES string of the molecule is Cn1c(Nc2nc3cc(CN4CC(NC(=O)OC(C)(C)C)C4)ccc3o2)nc2cc(F)ccc21. The zero-order chi connectivity index (χ0) is 24.0. The van der Waals surface area contributed by atoms with Crippen LogP contribution in [0.25, 0.3) is 22.1 Å². The first kappa shape index (κ1) is 22.1. The molecule has 2 aromatic heterocycles. The molecular weight excluding hydrogens is 439 g/mol. The predicted molar refractivity (Wildman–Crippen MR) is 126 cm³/mol. The van der Waals surface area contributed by atoms with Crippen LogP contribution in [0.3, 0.4) is 0 Å². The Balaban J connectivity index is 1.21. The van der Waals surface area contributed by atoms with E-state index in [0.717, 1.165) is 36.2 Å². The number of fused-ring (bicyclic) bond motifs is 2. The number of hydrogen-bond donors (Lipinski definition) is 2. The molecule has 0 atom stereocenters. The minimum atomic E-state index is -0.504. The molecule has 1 aliphatic heterocycles. The number of anilines is 2. The van der Waals surface area contributed by atoms with Crippen LogP contribution in [-0.4, -0.2) is 50.3 Å². The normalized spacial score (nSPS) is 15.0. The Morgan fingerprint density at radius 1 is 1.18 bits per heavy atom. The Kier molecular flexibility index (Phi) is 5.40. The summed E-state index contributed by atoms with van der Waals surface area (Å²) in [5.41, 5.74) is 3.34. The van der Waals surface area contributed by atoms with Crippen molar-refractivity contribution in [2.45, 2.75) is 39.0 Å². The molecule has 3 heterocycles. The number of benzene rings is 2. The molecule has 0 unspecified atom stereocenters. The van der Waals surface area contributed by atoms with Gasteiger partial charge in [-0.25, -0.2) is 14.2 Å². The summed E-state index contributed by atoms with van der Waals surface area (Å²) in [6, 6.07) is 10.8. The molecule has 1 aliphatic rings. The van der Waals surface area contributed by atoms with Gasteiger partial charge in [0.25, 0.3) is 0 Å². The third-order valence-electron chi connectivity index (χ3n) is 5.60. The number of nitrogens with zero attached hydrogens (tertiary/aromatic N) is 4. The van der Waals surface area contributed by atoms with E-state index in [1.807, 2.05) is 50.6 Å². The minimum absolute atomic E-state index is 0.0863. The third-order valence-corrected chi connectivity index (χ3v) is 5.60. The average Bonchev–Trinajstić information content (AvgIpc) is 3.24. The molecule has 0 spiro atoms. The molecule has 2 aromatic carbocycles. The Bertz CT molecular complexity index is 1370. The van der Waals surface area contributed by atoms with Crippen LogP contribution < -0.4 is 10.6 Å². The van der Waals surface area contributed by atoms with E-state index in [9.17, 15) is 9.18 Å². The van der Waals surface area contributed by atoms with Gasteiger partial charge in [0, 0.05) is 32.7 Å². The number of likely N-dealkylation sites (tertiary alicyclic amines) is 1. The topological polar surface area (TPSA) is 97.5 Å². The van der Waals surface area contributed by atoms with Crippen molar-refractivity contribution < 1.29 is 18.3 Å². The predicted octanol–water partition coefficient (Wildman–Crippen LogP) is 4.31. The molecule has 1 amide bonds. The van der Waals surface area contributed by atoms with Crippen molar-refractivity contribution in [3.63, 3.8) is 0 Å². The monoisotopic (exact) mass is 466 g/mol. The van der Waals surface area contributed by atoms with Crippen molar-refractivity contribution in [3.05, 3.63) is 47.8 Å². The van der Waals surface area contributed by atoms with Gasteiger partial charge in [-0.1, -0.05) is 6.07 Å². The highest BCUT2D eigenvalue weighted by Gasteiger charge is 2.29. The maximum Gasteiger partial charge on any atom is 0.407 e. The highest BCUT2D eigenvalue weighted by Crippen LogP contribution is 2.26. The lowest BCUT2D eigenvalue weighted by Gasteiger charge is -2.39. The molecule has 34 heavy (non-hydrogen) atoms.